The van der Waals surface area contributed by atoms with Gasteiger partial charge >= 0.3 is 0 Å². The van der Waals surface area contributed by atoms with Crippen LogP contribution in [0.1, 0.15) is 0 Å². The van der Waals surface area contributed by atoms with E-state index in [1.54, 1.807) is 14.2 Å². The highest BCUT2D eigenvalue weighted by Gasteiger charge is 2.06. The van der Waals surface area contributed by atoms with Crippen LogP contribution in [0.25, 0.3) is 0 Å². The lowest BCUT2D eigenvalue weighted by atomic mass is 10.2. The minimum atomic E-state index is 0.529. The van der Waals surface area contributed by atoms with Crippen LogP contribution in [-0.4, -0.2) is 34.4 Å². The van der Waals surface area contributed by atoms with Crippen molar-refractivity contribution in [3.63, 3.8) is 0 Å². The summed E-state index contributed by atoms with van der Waals surface area (Å²) in [7, 11) is 5.22. The van der Waals surface area contributed by atoms with Gasteiger partial charge in [0.2, 0.25) is 0 Å². The maximum absolute atomic E-state index is 5.96. The van der Waals surface area contributed by atoms with E-state index in [2.05, 4.69) is 4.90 Å². The van der Waals surface area contributed by atoms with E-state index in [0.717, 1.165) is 11.4 Å². The Morgan fingerprint density at radius 3 is 2.14 bits per heavy atom. The van der Waals surface area contributed by atoms with Crippen molar-refractivity contribution in [3.8, 4) is 17.2 Å². The monoisotopic (exact) mass is 302 g/mol. The van der Waals surface area contributed by atoms with E-state index < -0.39 is 0 Å². The van der Waals surface area contributed by atoms with Crippen LogP contribution in [0.2, 0.25) is 0 Å². The summed E-state index contributed by atoms with van der Waals surface area (Å²) in [6, 6.07) is 13.2. The van der Waals surface area contributed by atoms with Crippen molar-refractivity contribution in [1.29, 1.82) is 0 Å². The van der Waals surface area contributed by atoms with Gasteiger partial charge in [0.15, 0.2) is 0 Å². The lowest BCUT2D eigenvalue weighted by molar-refractivity contribution is 0.318. The number of rotatable bonds is 7. The molecule has 0 radical (unpaired) electrons. The number of nitrogens with two attached hydrogens (primary N) is 1. The number of benzene rings is 2. The summed E-state index contributed by atoms with van der Waals surface area (Å²) in [6.07, 6.45) is 0. The zero-order valence-electron chi connectivity index (χ0n) is 13.2. The summed E-state index contributed by atoms with van der Waals surface area (Å²) < 4.78 is 16.2. The fraction of sp³-hybridized carbons (Fsp3) is 0.294. The van der Waals surface area contributed by atoms with Crippen molar-refractivity contribution in [2.75, 3.05) is 45.1 Å². The Morgan fingerprint density at radius 2 is 1.55 bits per heavy atom. The lowest BCUT2D eigenvalue weighted by Gasteiger charge is -2.21. The van der Waals surface area contributed by atoms with Gasteiger partial charge in [-0.05, 0) is 12.1 Å². The Hall–Kier alpha value is -2.56. The highest BCUT2D eigenvalue weighted by molar-refractivity contribution is 5.66. The van der Waals surface area contributed by atoms with Gasteiger partial charge in [-0.3, -0.25) is 0 Å². The first kappa shape index (κ1) is 15.8. The SMILES string of the molecule is COc1cc(OC)cc(OCCN(C)c2ccccc2N)c1. The molecule has 0 fully saturated rings. The largest absolute Gasteiger partial charge is 0.496 e. The molecule has 2 aromatic carbocycles. The topological polar surface area (TPSA) is 57.0 Å². The van der Waals surface area contributed by atoms with Gasteiger partial charge in [-0.1, -0.05) is 12.1 Å². The number of hydrogen-bond donors (Lipinski definition) is 1. The third-order valence-electron chi connectivity index (χ3n) is 3.37. The van der Waals surface area contributed by atoms with Crippen LogP contribution in [-0.2, 0) is 0 Å². The molecule has 0 amide bonds. The van der Waals surface area contributed by atoms with Crippen molar-refractivity contribution < 1.29 is 14.2 Å². The molecule has 22 heavy (non-hydrogen) atoms. The Kier molecular flexibility index (Phi) is 5.36. The predicted octanol–water partition coefficient (Wildman–Crippen LogP) is 2.80. The fourth-order valence-corrected chi connectivity index (χ4v) is 2.12. The van der Waals surface area contributed by atoms with E-state index in [1.165, 1.54) is 0 Å². The highest BCUT2D eigenvalue weighted by Crippen LogP contribution is 2.27. The Bertz CT molecular complexity index is 594. The molecule has 2 N–H and O–H groups in total. The summed E-state index contributed by atoms with van der Waals surface area (Å²) >= 11 is 0. The van der Waals surface area contributed by atoms with Crippen LogP contribution in [0.3, 0.4) is 0 Å². The second-order valence-corrected chi connectivity index (χ2v) is 4.88. The summed E-state index contributed by atoms with van der Waals surface area (Å²) in [6.45, 7) is 1.24. The summed E-state index contributed by atoms with van der Waals surface area (Å²) in [5.74, 6) is 2.12. The van der Waals surface area contributed by atoms with Crippen molar-refractivity contribution in [3.05, 3.63) is 42.5 Å². The number of ether oxygens (including phenoxy) is 3. The highest BCUT2D eigenvalue weighted by atomic mass is 16.5. The minimum Gasteiger partial charge on any atom is -0.496 e. The summed E-state index contributed by atoms with van der Waals surface area (Å²) in [5.41, 5.74) is 7.72. The molecule has 0 aliphatic carbocycles. The van der Waals surface area contributed by atoms with E-state index >= 15 is 0 Å². The maximum Gasteiger partial charge on any atom is 0.126 e. The first-order valence-electron chi connectivity index (χ1n) is 7.05. The molecule has 2 aromatic rings. The third kappa shape index (κ3) is 3.97. The third-order valence-corrected chi connectivity index (χ3v) is 3.37. The molecule has 5 heteroatoms. The molecule has 0 bridgehead atoms. The molecule has 0 spiro atoms. The molecule has 0 saturated carbocycles. The predicted molar refractivity (Wildman–Crippen MR) is 89.2 cm³/mol. The van der Waals surface area contributed by atoms with Crippen LogP contribution in [0.4, 0.5) is 11.4 Å². The summed E-state index contributed by atoms with van der Waals surface area (Å²) in [4.78, 5) is 2.06. The fourth-order valence-electron chi connectivity index (χ4n) is 2.12. The van der Waals surface area contributed by atoms with E-state index in [4.69, 9.17) is 19.9 Å². The van der Waals surface area contributed by atoms with Gasteiger partial charge in [0.1, 0.15) is 23.9 Å². The van der Waals surface area contributed by atoms with E-state index in [1.807, 2.05) is 49.5 Å². The maximum atomic E-state index is 5.96. The number of hydrogen-bond acceptors (Lipinski definition) is 5. The lowest BCUT2D eigenvalue weighted by Crippen LogP contribution is -2.24. The molecule has 0 aliphatic rings. The van der Waals surface area contributed by atoms with Crippen molar-refractivity contribution in [1.82, 2.24) is 0 Å². The van der Waals surface area contributed by atoms with Gasteiger partial charge in [0.25, 0.3) is 0 Å². The first-order valence-corrected chi connectivity index (χ1v) is 7.05. The Labute approximate surface area is 131 Å². The van der Waals surface area contributed by atoms with Gasteiger partial charge in [0, 0.05) is 25.2 Å². The van der Waals surface area contributed by atoms with Gasteiger partial charge in [-0.25, -0.2) is 0 Å². The smallest absolute Gasteiger partial charge is 0.126 e. The molecule has 2 rings (SSSR count). The quantitative estimate of drug-likeness (QED) is 0.797. The van der Waals surface area contributed by atoms with Crippen molar-refractivity contribution in [2.24, 2.45) is 0 Å². The van der Waals surface area contributed by atoms with E-state index in [-0.39, 0.29) is 0 Å². The zero-order chi connectivity index (χ0) is 15.9. The van der Waals surface area contributed by atoms with E-state index in [9.17, 15) is 0 Å². The second kappa shape index (κ2) is 7.45. The number of likely N-dealkylation sites (N-methyl/N-ethyl adjacent to an activating group) is 1. The molecule has 118 valence electrons. The molecular formula is C17H22N2O3. The molecule has 0 aromatic heterocycles. The Morgan fingerprint density at radius 1 is 0.955 bits per heavy atom. The number of anilines is 2. The molecular weight excluding hydrogens is 280 g/mol. The second-order valence-electron chi connectivity index (χ2n) is 4.88. The average Bonchev–Trinajstić information content (AvgIpc) is 2.54. The minimum absolute atomic E-state index is 0.529. The van der Waals surface area contributed by atoms with E-state index in [0.29, 0.717) is 30.4 Å². The van der Waals surface area contributed by atoms with Crippen LogP contribution in [0.15, 0.2) is 42.5 Å². The number of nitrogens with zero attached hydrogens (tertiary/aromatic N) is 1. The van der Waals surface area contributed by atoms with Gasteiger partial charge in [-0.15, -0.1) is 0 Å². The first-order chi connectivity index (χ1) is 10.6. The number of para-hydroxylation sites is 2. The zero-order valence-corrected chi connectivity index (χ0v) is 13.2. The molecule has 0 unspecified atom stereocenters. The molecule has 5 nitrogen and oxygen atoms in total. The summed E-state index contributed by atoms with van der Waals surface area (Å²) in [5, 5.41) is 0. The number of methoxy groups -OCH3 is 2. The van der Waals surface area contributed by atoms with Crippen LogP contribution < -0.4 is 24.8 Å². The van der Waals surface area contributed by atoms with Crippen LogP contribution in [0, 0.1) is 0 Å². The normalized spacial score (nSPS) is 10.1. The number of nitrogen functional groups attached to an aromatic ring is 1. The molecule has 0 heterocycles. The van der Waals surface area contributed by atoms with Crippen LogP contribution >= 0.6 is 0 Å². The van der Waals surface area contributed by atoms with Crippen molar-refractivity contribution in [2.45, 2.75) is 0 Å². The van der Waals surface area contributed by atoms with Crippen LogP contribution in [0.5, 0.6) is 17.2 Å². The Balaban J connectivity index is 1.95. The average molecular weight is 302 g/mol. The van der Waals surface area contributed by atoms with Gasteiger partial charge < -0.3 is 24.8 Å². The van der Waals surface area contributed by atoms with Gasteiger partial charge in [-0.2, -0.15) is 0 Å². The van der Waals surface area contributed by atoms with Crippen molar-refractivity contribution >= 4 is 11.4 Å². The molecule has 0 aliphatic heterocycles. The van der Waals surface area contributed by atoms with Gasteiger partial charge in [0.05, 0.1) is 32.1 Å². The molecule has 0 atom stereocenters. The standard InChI is InChI=1S/C17H22N2O3/c1-19(17-7-5-4-6-16(17)18)8-9-22-15-11-13(20-2)10-14(12-15)21-3/h4-7,10-12H,8-9,18H2,1-3H3. The molecule has 0 saturated heterocycles.